The number of hydrogen-bond donors (Lipinski definition) is 1. The van der Waals surface area contributed by atoms with Gasteiger partial charge in [-0.05, 0) is 75.4 Å². The molecular weight excluding hydrogens is 410 g/mol. The lowest BCUT2D eigenvalue weighted by atomic mass is 9.94. The molecule has 1 N–H and O–H groups in total. The first-order valence-electron chi connectivity index (χ1n) is 9.51. The van der Waals surface area contributed by atoms with E-state index in [1.54, 1.807) is 14.2 Å². The van der Waals surface area contributed by atoms with Crippen LogP contribution in [-0.2, 0) is 16.0 Å². The molecule has 1 aromatic rings. The third-order valence-electron chi connectivity index (χ3n) is 4.70. The lowest BCUT2D eigenvalue weighted by Crippen LogP contribution is -2.20. The highest BCUT2D eigenvalue weighted by molar-refractivity contribution is 9.10. The van der Waals surface area contributed by atoms with Crippen LogP contribution in [0.2, 0.25) is 0 Å². The molecule has 0 heterocycles. The molecule has 0 aliphatic heterocycles. The van der Waals surface area contributed by atoms with Crippen molar-refractivity contribution in [2.45, 2.75) is 51.6 Å². The van der Waals surface area contributed by atoms with Gasteiger partial charge in [-0.25, -0.2) is 0 Å². The molecule has 27 heavy (non-hydrogen) atoms. The van der Waals surface area contributed by atoms with Crippen LogP contribution in [0.25, 0.3) is 0 Å². The minimum Gasteiger partial charge on any atom is -0.493 e. The van der Waals surface area contributed by atoms with Gasteiger partial charge in [-0.3, -0.25) is 4.79 Å². The number of nitrogens with one attached hydrogen (secondary N) is 1. The normalized spacial score (nSPS) is 16.6. The molecule has 0 radical (unpaired) electrons. The summed E-state index contributed by atoms with van der Waals surface area (Å²) in [6.45, 7) is 3.35. The number of allylic oxidation sites excluding steroid dienone is 1. The van der Waals surface area contributed by atoms with Gasteiger partial charge in [-0.15, -0.1) is 0 Å². The average Bonchev–Trinajstić information content (AvgIpc) is 2.65. The van der Waals surface area contributed by atoms with Crippen molar-refractivity contribution in [3.63, 3.8) is 0 Å². The van der Waals surface area contributed by atoms with Crippen LogP contribution in [0.4, 0.5) is 0 Å². The monoisotopic (exact) mass is 439 g/mol. The summed E-state index contributed by atoms with van der Waals surface area (Å²) in [6.07, 6.45) is 8.35. The van der Waals surface area contributed by atoms with Crippen molar-refractivity contribution in [1.82, 2.24) is 5.32 Å². The predicted molar refractivity (Wildman–Crippen MR) is 111 cm³/mol. The number of rotatable bonds is 10. The van der Waals surface area contributed by atoms with Crippen LogP contribution in [-0.4, -0.2) is 39.4 Å². The lowest BCUT2D eigenvalue weighted by Gasteiger charge is -2.21. The third kappa shape index (κ3) is 7.18. The van der Waals surface area contributed by atoms with Crippen molar-refractivity contribution in [3.05, 3.63) is 33.8 Å². The molecule has 1 aliphatic carbocycles. The highest BCUT2D eigenvalue weighted by atomic mass is 79.9. The molecule has 0 spiro atoms. The molecule has 0 amide bonds. The van der Waals surface area contributed by atoms with Gasteiger partial charge < -0.3 is 19.5 Å². The molecule has 0 saturated heterocycles. The second-order valence-electron chi connectivity index (χ2n) is 6.77. The van der Waals surface area contributed by atoms with Gasteiger partial charge in [0.25, 0.3) is 0 Å². The van der Waals surface area contributed by atoms with E-state index in [1.807, 2.05) is 12.1 Å². The zero-order valence-corrected chi connectivity index (χ0v) is 18.1. The van der Waals surface area contributed by atoms with Crippen LogP contribution in [0.3, 0.4) is 0 Å². The molecule has 1 aliphatic rings. The summed E-state index contributed by atoms with van der Waals surface area (Å²) in [7, 11) is 3.29. The van der Waals surface area contributed by atoms with Crippen LogP contribution in [0, 0.1) is 0 Å². The van der Waals surface area contributed by atoms with Crippen LogP contribution < -0.4 is 14.8 Å². The fourth-order valence-corrected chi connectivity index (χ4v) is 3.87. The van der Waals surface area contributed by atoms with Crippen molar-refractivity contribution in [3.8, 4) is 11.5 Å². The van der Waals surface area contributed by atoms with E-state index in [4.69, 9.17) is 14.2 Å². The number of carbonyl (C=O) groups is 1. The first-order chi connectivity index (χ1) is 13.0. The number of benzene rings is 1. The van der Waals surface area contributed by atoms with Crippen LogP contribution >= 0.6 is 15.9 Å². The molecule has 0 fully saturated rings. The third-order valence-corrected chi connectivity index (χ3v) is 5.44. The number of halogens is 1. The highest BCUT2D eigenvalue weighted by Crippen LogP contribution is 2.33. The summed E-state index contributed by atoms with van der Waals surface area (Å²) in [5, 5.41) is 3.50. The van der Waals surface area contributed by atoms with Crippen molar-refractivity contribution < 1.29 is 19.0 Å². The summed E-state index contributed by atoms with van der Waals surface area (Å²) >= 11 is 3.60. The zero-order chi connectivity index (χ0) is 19.6. The summed E-state index contributed by atoms with van der Waals surface area (Å²) in [4.78, 5) is 11.1. The molecule has 1 unspecified atom stereocenters. The maximum atomic E-state index is 11.1. The standard InChI is InChI=1S/C21H30BrNO4/c1-15(24)27-18-8-4-6-16(12-18)7-5-10-23-11-9-17-13-20(25-2)21(26-3)14-19(17)22/h12-14,18,23H,4-11H2,1-3H3. The predicted octanol–water partition coefficient (Wildman–Crippen LogP) is 4.42. The molecule has 0 saturated carbocycles. The molecule has 2 rings (SSSR count). The molecule has 5 nitrogen and oxygen atoms in total. The van der Waals surface area contributed by atoms with Gasteiger partial charge in [0, 0.05) is 11.4 Å². The van der Waals surface area contributed by atoms with Gasteiger partial charge in [0.1, 0.15) is 6.10 Å². The van der Waals surface area contributed by atoms with Crippen molar-refractivity contribution in [1.29, 1.82) is 0 Å². The molecule has 0 aromatic heterocycles. The number of carbonyl (C=O) groups excluding carboxylic acids is 1. The van der Waals surface area contributed by atoms with E-state index in [2.05, 4.69) is 27.3 Å². The largest absolute Gasteiger partial charge is 0.493 e. The second-order valence-corrected chi connectivity index (χ2v) is 7.62. The maximum absolute atomic E-state index is 11.1. The molecule has 1 atom stereocenters. The van der Waals surface area contributed by atoms with E-state index < -0.39 is 0 Å². The van der Waals surface area contributed by atoms with Gasteiger partial charge in [-0.1, -0.05) is 21.5 Å². The summed E-state index contributed by atoms with van der Waals surface area (Å²) in [5.41, 5.74) is 2.61. The first-order valence-corrected chi connectivity index (χ1v) is 10.3. The number of esters is 1. The van der Waals surface area contributed by atoms with E-state index in [-0.39, 0.29) is 12.1 Å². The fourth-order valence-electron chi connectivity index (χ4n) is 3.35. The van der Waals surface area contributed by atoms with Crippen molar-refractivity contribution in [2.24, 2.45) is 0 Å². The van der Waals surface area contributed by atoms with Gasteiger partial charge in [0.15, 0.2) is 11.5 Å². The molecule has 150 valence electrons. The maximum Gasteiger partial charge on any atom is 0.303 e. The Kier molecular flexibility index (Phi) is 9.15. The smallest absolute Gasteiger partial charge is 0.303 e. The molecule has 6 heteroatoms. The Morgan fingerprint density at radius 2 is 1.93 bits per heavy atom. The minimum atomic E-state index is -0.194. The van der Waals surface area contributed by atoms with E-state index >= 15 is 0 Å². The quantitative estimate of drug-likeness (QED) is 0.332. The molecule has 0 bridgehead atoms. The van der Waals surface area contributed by atoms with Gasteiger partial charge in [-0.2, -0.15) is 0 Å². The van der Waals surface area contributed by atoms with Crippen molar-refractivity contribution in [2.75, 3.05) is 27.3 Å². The number of ether oxygens (including phenoxy) is 3. The Labute approximate surface area is 170 Å². The second kappa shape index (κ2) is 11.3. The average molecular weight is 440 g/mol. The van der Waals surface area contributed by atoms with E-state index in [0.29, 0.717) is 0 Å². The minimum absolute atomic E-state index is 0.0263. The Hall–Kier alpha value is -1.53. The van der Waals surface area contributed by atoms with Crippen LogP contribution in [0.15, 0.2) is 28.3 Å². The topological polar surface area (TPSA) is 56.8 Å². The fraction of sp³-hybridized carbons (Fsp3) is 0.571. The number of hydrogen-bond acceptors (Lipinski definition) is 5. The Balaban J connectivity index is 1.70. The summed E-state index contributed by atoms with van der Waals surface area (Å²) in [5.74, 6) is 1.29. The Morgan fingerprint density at radius 3 is 2.63 bits per heavy atom. The van der Waals surface area contributed by atoms with E-state index in [0.717, 1.165) is 67.6 Å². The van der Waals surface area contributed by atoms with Gasteiger partial charge in [0.05, 0.1) is 14.2 Å². The van der Waals surface area contributed by atoms with E-state index in [1.165, 1.54) is 18.1 Å². The lowest BCUT2D eigenvalue weighted by molar-refractivity contribution is -0.144. The Morgan fingerprint density at radius 1 is 1.19 bits per heavy atom. The Bertz CT molecular complexity index is 660. The zero-order valence-electron chi connectivity index (χ0n) is 16.5. The van der Waals surface area contributed by atoms with Crippen LogP contribution in [0.5, 0.6) is 11.5 Å². The van der Waals surface area contributed by atoms with Gasteiger partial charge >= 0.3 is 5.97 Å². The SMILES string of the molecule is COc1cc(Br)c(CCNCCCC2=CC(OC(C)=O)CCC2)cc1OC. The van der Waals surface area contributed by atoms with Gasteiger partial charge in [0.2, 0.25) is 0 Å². The van der Waals surface area contributed by atoms with Crippen LogP contribution in [0.1, 0.15) is 44.6 Å². The first kappa shape index (κ1) is 21.8. The highest BCUT2D eigenvalue weighted by Gasteiger charge is 2.15. The summed E-state index contributed by atoms with van der Waals surface area (Å²) in [6, 6.07) is 3.97. The molecular formula is C21H30BrNO4. The molecule has 1 aromatic carbocycles. The summed E-state index contributed by atoms with van der Waals surface area (Å²) < 4.78 is 17.0. The number of methoxy groups -OCH3 is 2. The van der Waals surface area contributed by atoms with E-state index in [9.17, 15) is 4.79 Å². The van der Waals surface area contributed by atoms with Crippen molar-refractivity contribution >= 4 is 21.9 Å².